The van der Waals surface area contributed by atoms with Crippen LogP contribution in [0.15, 0.2) is 42.5 Å². The smallest absolute Gasteiger partial charge is 0.273 e. The number of benzene rings is 2. The number of nitro groups is 1. The first-order chi connectivity index (χ1) is 10.0. The summed E-state index contributed by atoms with van der Waals surface area (Å²) in [4.78, 5) is 12.6. The zero-order chi connectivity index (χ0) is 15.4. The Bertz CT molecular complexity index is 656. The van der Waals surface area contributed by atoms with E-state index in [0.29, 0.717) is 11.4 Å². The minimum absolute atomic E-state index is 0.0479. The van der Waals surface area contributed by atoms with Crippen LogP contribution in [-0.2, 0) is 0 Å². The number of rotatable bonds is 5. The molecule has 2 rings (SSSR count). The predicted molar refractivity (Wildman–Crippen MR) is 86.7 cm³/mol. The van der Waals surface area contributed by atoms with E-state index in [1.165, 1.54) is 12.1 Å². The molecule has 0 radical (unpaired) electrons. The lowest BCUT2D eigenvalue weighted by molar-refractivity contribution is -0.384. The van der Waals surface area contributed by atoms with Crippen LogP contribution < -0.4 is 15.5 Å². The van der Waals surface area contributed by atoms with Gasteiger partial charge in [0.15, 0.2) is 0 Å². The zero-order valence-corrected chi connectivity index (χ0v) is 12.3. The zero-order valence-electron chi connectivity index (χ0n) is 12.3. The van der Waals surface area contributed by atoms with Crippen LogP contribution in [-0.4, -0.2) is 26.1 Å². The van der Waals surface area contributed by atoms with Gasteiger partial charge in [0.2, 0.25) is 0 Å². The van der Waals surface area contributed by atoms with E-state index in [0.717, 1.165) is 11.4 Å². The number of nitrogens with zero attached hydrogens (tertiary/aromatic N) is 2. The molecule has 0 aliphatic carbocycles. The highest BCUT2D eigenvalue weighted by atomic mass is 16.6. The second-order valence-electron chi connectivity index (χ2n) is 4.81. The lowest BCUT2D eigenvalue weighted by Gasteiger charge is -2.18. The molecule has 2 aromatic rings. The largest absolute Gasteiger partial charge is 0.388 e. The maximum atomic E-state index is 11.0. The first-order valence-electron chi connectivity index (χ1n) is 6.52. The second-order valence-corrected chi connectivity index (χ2v) is 4.81. The standard InChI is InChI=1S/C15H18N4O2/c1-16-11-8-12(10-13(9-11)19(20)21)17-14-6-4-5-7-15(14)18(2)3/h4-10,16-17H,1-3H3. The Kier molecular flexibility index (Phi) is 4.27. The second kappa shape index (κ2) is 6.13. The molecule has 0 unspecified atom stereocenters. The molecule has 6 nitrogen and oxygen atoms in total. The summed E-state index contributed by atoms with van der Waals surface area (Å²) >= 11 is 0. The van der Waals surface area contributed by atoms with Crippen molar-refractivity contribution in [3.8, 4) is 0 Å². The van der Waals surface area contributed by atoms with Crippen molar-refractivity contribution in [2.45, 2.75) is 0 Å². The van der Waals surface area contributed by atoms with Crippen LogP contribution in [0.25, 0.3) is 0 Å². The predicted octanol–water partition coefficient (Wildman–Crippen LogP) is 3.45. The SMILES string of the molecule is CNc1cc(Nc2ccccc2N(C)C)cc([N+](=O)[O-])c1. The van der Waals surface area contributed by atoms with Gasteiger partial charge in [0.25, 0.3) is 5.69 Å². The van der Waals surface area contributed by atoms with E-state index in [1.807, 2.05) is 49.3 Å². The quantitative estimate of drug-likeness (QED) is 0.650. The van der Waals surface area contributed by atoms with Crippen molar-refractivity contribution in [2.75, 3.05) is 36.7 Å². The average molecular weight is 286 g/mol. The van der Waals surface area contributed by atoms with Crippen LogP contribution >= 0.6 is 0 Å². The van der Waals surface area contributed by atoms with E-state index in [-0.39, 0.29) is 5.69 Å². The molecule has 0 bridgehead atoms. The normalized spacial score (nSPS) is 10.0. The van der Waals surface area contributed by atoms with Crippen molar-refractivity contribution in [3.63, 3.8) is 0 Å². The van der Waals surface area contributed by atoms with Gasteiger partial charge in [0.05, 0.1) is 16.3 Å². The molecule has 110 valence electrons. The highest BCUT2D eigenvalue weighted by Crippen LogP contribution is 2.30. The van der Waals surface area contributed by atoms with Gasteiger partial charge in [-0.05, 0) is 18.2 Å². The average Bonchev–Trinajstić information content (AvgIpc) is 2.47. The van der Waals surface area contributed by atoms with Crippen molar-refractivity contribution in [1.82, 2.24) is 0 Å². The third-order valence-corrected chi connectivity index (χ3v) is 3.08. The van der Waals surface area contributed by atoms with Gasteiger partial charge in [-0.15, -0.1) is 0 Å². The van der Waals surface area contributed by atoms with Crippen LogP contribution in [0.5, 0.6) is 0 Å². The van der Waals surface area contributed by atoms with Gasteiger partial charge in [-0.25, -0.2) is 0 Å². The monoisotopic (exact) mass is 286 g/mol. The minimum atomic E-state index is -0.399. The molecule has 0 aromatic heterocycles. The van der Waals surface area contributed by atoms with Gasteiger partial charge in [0.1, 0.15) is 0 Å². The molecule has 0 spiro atoms. The van der Waals surface area contributed by atoms with Crippen molar-refractivity contribution in [1.29, 1.82) is 0 Å². The summed E-state index contributed by atoms with van der Waals surface area (Å²) in [6.45, 7) is 0. The van der Waals surface area contributed by atoms with Gasteiger partial charge in [-0.2, -0.15) is 0 Å². The molecule has 21 heavy (non-hydrogen) atoms. The van der Waals surface area contributed by atoms with E-state index >= 15 is 0 Å². The number of hydrogen-bond donors (Lipinski definition) is 2. The third kappa shape index (κ3) is 3.42. The Morgan fingerprint density at radius 1 is 1.10 bits per heavy atom. The maximum Gasteiger partial charge on any atom is 0.273 e. The Morgan fingerprint density at radius 3 is 2.38 bits per heavy atom. The van der Waals surface area contributed by atoms with E-state index < -0.39 is 4.92 Å². The molecular formula is C15H18N4O2. The summed E-state index contributed by atoms with van der Waals surface area (Å²) in [5.41, 5.74) is 3.31. The topological polar surface area (TPSA) is 70.4 Å². The van der Waals surface area contributed by atoms with Gasteiger partial charge in [-0.1, -0.05) is 12.1 Å². The molecule has 6 heteroatoms. The highest BCUT2D eigenvalue weighted by Gasteiger charge is 2.11. The fourth-order valence-corrected chi connectivity index (χ4v) is 2.06. The van der Waals surface area contributed by atoms with E-state index in [4.69, 9.17) is 0 Å². The highest BCUT2D eigenvalue weighted by molar-refractivity contribution is 5.77. The fourth-order valence-electron chi connectivity index (χ4n) is 2.06. The first-order valence-corrected chi connectivity index (χ1v) is 6.52. The molecule has 0 aliphatic rings. The van der Waals surface area contributed by atoms with Crippen molar-refractivity contribution in [3.05, 3.63) is 52.6 Å². The number of nitro benzene ring substituents is 1. The van der Waals surface area contributed by atoms with Gasteiger partial charge in [0, 0.05) is 44.7 Å². The lowest BCUT2D eigenvalue weighted by atomic mass is 10.2. The van der Waals surface area contributed by atoms with E-state index in [2.05, 4.69) is 10.6 Å². The van der Waals surface area contributed by atoms with Gasteiger partial charge >= 0.3 is 0 Å². The number of nitrogens with one attached hydrogen (secondary N) is 2. The fraction of sp³-hybridized carbons (Fsp3) is 0.200. The molecular weight excluding hydrogens is 268 g/mol. The maximum absolute atomic E-state index is 11.0. The van der Waals surface area contributed by atoms with Crippen LogP contribution in [0, 0.1) is 10.1 Å². The van der Waals surface area contributed by atoms with Crippen LogP contribution in [0.4, 0.5) is 28.4 Å². The molecule has 0 fully saturated rings. The molecule has 0 amide bonds. The first kappa shape index (κ1) is 14.6. The summed E-state index contributed by atoms with van der Waals surface area (Å²) in [5.74, 6) is 0. The molecule has 0 atom stereocenters. The van der Waals surface area contributed by atoms with Crippen LogP contribution in [0.2, 0.25) is 0 Å². The summed E-state index contributed by atoms with van der Waals surface area (Å²) in [5, 5.41) is 17.2. The third-order valence-electron chi connectivity index (χ3n) is 3.08. The minimum Gasteiger partial charge on any atom is -0.388 e. The Hall–Kier alpha value is -2.76. The molecule has 2 N–H and O–H groups in total. The van der Waals surface area contributed by atoms with Crippen LogP contribution in [0.3, 0.4) is 0 Å². The number of hydrogen-bond acceptors (Lipinski definition) is 5. The van der Waals surface area contributed by atoms with Gasteiger partial charge < -0.3 is 15.5 Å². The molecule has 0 saturated heterocycles. The van der Waals surface area contributed by atoms with Gasteiger partial charge in [-0.3, -0.25) is 10.1 Å². The number of non-ortho nitro benzene ring substituents is 1. The summed E-state index contributed by atoms with van der Waals surface area (Å²) in [6, 6.07) is 12.7. The Labute approximate surface area is 123 Å². The van der Waals surface area contributed by atoms with E-state index in [9.17, 15) is 10.1 Å². The number of para-hydroxylation sites is 2. The van der Waals surface area contributed by atoms with Crippen LogP contribution in [0.1, 0.15) is 0 Å². The molecule has 2 aromatic carbocycles. The molecule has 0 heterocycles. The summed E-state index contributed by atoms with van der Waals surface area (Å²) < 4.78 is 0. The summed E-state index contributed by atoms with van der Waals surface area (Å²) in [6.07, 6.45) is 0. The number of anilines is 4. The molecule has 0 saturated carbocycles. The van der Waals surface area contributed by atoms with Crippen molar-refractivity contribution in [2.24, 2.45) is 0 Å². The Morgan fingerprint density at radius 2 is 1.76 bits per heavy atom. The van der Waals surface area contributed by atoms with Crippen molar-refractivity contribution >= 4 is 28.4 Å². The summed E-state index contributed by atoms with van der Waals surface area (Å²) in [7, 11) is 5.64. The van der Waals surface area contributed by atoms with E-state index in [1.54, 1.807) is 7.05 Å². The van der Waals surface area contributed by atoms with Crippen molar-refractivity contribution < 1.29 is 4.92 Å². The molecule has 0 aliphatic heterocycles. The lowest BCUT2D eigenvalue weighted by Crippen LogP contribution is -2.10. The Balaban J connectivity index is 2.40.